The van der Waals surface area contributed by atoms with Gasteiger partial charge in [-0.3, -0.25) is 0 Å². The molecule has 2 atom stereocenters. The van der Waals surface area contributed by atoms with Gasteiger partial charge in [-0.2, -0.15) is 0 Å². The van der Waals surface area contributed by atoms with E-state index in [9.17, 15) is 4.79 Å². The van der Waals surface area contributed by atoms with E-state index < -0.39 is 6.10 Å². The summed E-state index contributed by atoms with van der Waals surface area (Å²) in [5.74, 6) is -0.287. The summed E-state index contributed by atoms with van der Waals surface area (Å²) in [6.07, 6.45) is 1.11. The van der Waals surface area contributed by atoms with Crippen LogP contribution in [0, 0.1) is 0 Å². The number of carbonyl (C=O) groups excluding carboxylic acids is 1. The third kappa shape index (κ3) is 3.28. The van der Waals surface area contributed by atoms with E-state index in [1.807, 2.05) is 30.3 Å². The van der Waals surface area contributed by atoms with Crippen molar-refractivity contribution in [2.75, 3.05) is 6.54 Å². The van der Waals surface area contributed by atoms with Crippen molar-refractivity contribution in [1.29, 1.82) is 0 Å². The quantitative estimate of drug-likeness (QED) is 0.797. The molecule has 2 unspecified atom stereocenters. The van der Waals surface area contributed by atoms with Gasteiger partial charge in [0.1, 0.15) is 6.61 Å². The molecule has 1 aliphatic heterocycles. The molecular formula is C13H17NO3. The van der Waals surface area contributed by atoms with E-state index in [4.69, 9.17) is 15.2 Å². The van der Waals surface area contributed by atoms with Gasteiger partial charge in [0.25, 0.3) is 0 Å². The van der Waals surface area contributed by atoms with Crippen molar-refractivity contribution in [2.45, 2.75) is 31.7 Å². The Labute approximate surface area is 101 Å². The zero-order chi connectivity index (χ0) is 12.1. The molecule has 1 heterocycles. The predicted octanol–water partition coefficient (Wildman–Crippen LogP) is 1.24. The van der Waals surface area contributed by atoms with Crippen molar-refractivity contribution in [3.8, 4) is 0 Å². The summed E-state index contributed by atoms with van der Waals surface area (Å²) in [7, 11) is 0. The molecule has 4 nitrogen and oxygen atoms in total. The third-order valence-electron chi connectivity index (χ3n) is 2.86. The van der Waals surface area contributed by atoms with Crippen LogP contribution in [0.4, 0.5) is 0 Å². The lowest BCUT2D eigenvalue weighted by Crippen LogP contribution is -2.26. The van der Waals surface area contributed by atoms with Crippen LogP contribution in [-0.4, -0.2) is 24.7 Å². The van der Waals surface area contributed by atoms with Gasteiger partial charge in [0.15, 0.2) is 6.10 Å². The minimum absolute atomic E-state index is 0.00396. The second-order valence-corrected chi connectivity index (χ2v) is 4.15. The first-order valence-electron chi connectivity index (χ1n) is 5.85. The lowest BCUT2D eigenvalue weighted by molar-refractivity contribution is -0.157. The summed E-state index contributed by atoms with van der Waals surface area (Å²) in [5.41, 5.74) is 6.46. The number of benzene rings is 1. The SMILES string of the molecule is NCC1CCC(C(=O)OCc2ccccc2)O1. The van der Waals surface area contributed by atoms with Crippen molar-refractivity contribution in [3.05, 3.63) is 35.9 Å². The lowest BCUT2D eigenvalue weighted by Gasteiger charge is -2.11. The lowest BCUT2D eigenvalue weighted by atomic mass is 10.2. The number of esters is 1. The van der Waals surface area contributed by atoms with Gasteiger partial charge in [0, 0.05) is 6.54 Å². The van der Waals surface area contributed by atoms with Gasteiger partial charge in [-0.1, -0.05) is 30.3 Å². The summed E-state index contributed by atoms with van der Waals surface area (Å²) >= 11 is 0. The van der Waals surface area contributed by atoms with Gasteiger partial charge >= 0.3 is 5.97 Å². The van der Waals surface area contributed by atoms with Crippen molar-refractivity contribution in [3.63, 3.8) is 0 Å². The largest absolute Gasteiger partial charge is 0.459 e. The summed E-state index contributed by atoms with van der Waals surface area (Å²) in [6.45, 7) is 0.759. The van der Waals surface area contributed by atoms with Crippen molar-refractivity contribution in [1.82, 2.24) is 0 Å². The Kier molecular flexibility index (Phi) is 4.12. The normalized spacial score (nSPS) is 23.6. The van der Waals surface area contributed by atoms with Crippen LogP contribution in [-0.2, 0) is 20.9 Å². The van der Waals surface area contributed by atoms with Crippen LogP contribution in [0.2, 0.25) is 0 Å². The number of hydrogen-bond donors (Lipinski definition) is 1. The van der Waals surface area contributed by atoms with E-state index in [-0.39, 0.29) is 12.1 Å². The van der Waals surface area contributed by atoms with Crippen LogP contribution in [0.5, 0.6) is 0 Å². The van der Waals surface area contributed by atoms with Gasteiger partial charge in [-0.05, 0) is 18.4 Å². The van der Waals surface area contributed by atoms with E-state index in [1.54, 1.807) is 0 Å². The minimum atomic E-state index is -0.438. The number of nitrogens with two attached hydrogens (primary N) is 1. The highest BCUT2D eigenvalue weighted by atomic mass is 16.6. The van der Waals surface area contributed by atoms with Crippen LogP contribution in [0.1, 0.15) is 18.4 Å². The van der Waals surface area contributed by atoms with Crippen molar-refractivity contribution in [2.24, 2.45) is 5.73 Å². The fourth-order valence-electron chi connectivity index (χ4n) is 1.87. The molecule has 2 N–H and O–H groups in total. The fraction of sp³-hybridized carbons (Fsp3) is 0.462. The number of ether oxygens (including phenoxy) is 2. The second kappa shape index (κ2) is 5.80. The Bertz CT molecular complexity index is 366. The molecule has 1 saturated heterocycles. The van der Waals surface area contributed by atoms with Crippen LogP contribution >= 0.6 is 0 Å². The summed E-state index contributed by atoms with van der Waals surface area (Å²) in [5, 5.41) is 0. The molecule has 1 fully saturated rings. The Morgan fingerprint density at radius 2 is 2.12 bits per heavy atom. The van der Waals surface area contributed by atoms with E-state index >= 15 is 0 Å². The topological polar surface area (TPSA) is 61.6 Å². The van der Waals surface area contributed by atoms with Crippen LogP contribution in [0.25, 0.3) is 0 Å². The Balaban J connectivity index is 1.78. The Morgan fingerprint density at radius 1 is 1.35 bits per heavy atom. The van der Waals surface area contributed by atoms with Crippen molar-refractivity contribution < 1.29 is 14.3 Å². The van der Waals surface area contributed by atoms with E-state index in [0.29, 0.717) is 19.6 Å². The zero-order valence-corrected chi connectivity index (χ0v) is 9.67. The molecule has 0 spiro atoms. The van der Waals surface area contributed by atoms with Gasteiger partial charge in [-0.15, -0.1) is 0 Å². The fourth-order valence-corrected chi connectivity index (χ4v) is 1.87. The first kappa shape index (κ1) is 12.1. The molecule has 0 saturated carbocycles. The molecule has 17 heavy (non-hydrogen) atoms. The molecule has 0 bridgehead atoms. The highest BCUT2D eigenvalue weighted by Crippen LogP contribution is 2.20. The summed E-state index contributed by atoms with van der Waals surface area (Å²) in [4.78, 5) is 11.7. The maximum Gasteiger partial charge on any atom is 0.335 e. The molecule has 4 heteroatoms. The van der Waals surface area contributed by atoms with Gasteiger partial charge in [0.2, 0.25) is 0 Å². The highest BCUT2D eigenvalue weighted by molar-refractivity contribution is 5.75. The molecule has 0 aromatic heterocycles. The first-order chi connectivity index (χ1) is 8.29. The first-order valence-corrected chi connectivity index (χ1v) is 5.85. The second-order valence-electron chi connectivity index (χ2n) is 4.15. The van der Waals surface area contributed by atoms with Gasteiger partial charge < -0.3 is 15.2 Å². The standard InChI is InChI=1S/C13H17NO3/c14-8-11-6-7-12(17-11)13(15)16-9-10-4-2-1-3-5-10/h1-5,11-12H,6-9,14H2. The van der Waals surface area contributed by atoms with Crippen LogP contribution in [0.15, 0.2) is 30.3 Å². The molecule has 1 aromatic rings. The monoisotopic (exact) mass is 235 g/mol. The number of rotatable bonds is 4. The molecule has 2 rings (SSSR count). The molecule has 1 aromatic carbocycles. The summed E-state index contributed by atoms with van der Waals surface area (Å²) in [6, 6.07) is 9.60. The number of hydrogen-bond acceptors (Lipinski definition) is 4. The Hall–Kier alpha value is -1.39. The average Bonchev–Trinajstić information content (AvgIpc) is 2.86. The van der Waals surface area contributed by atoms with Crippen LogP contribution in [0.3, 0.4) is 0 Å². The van der Waals surface area contributed by atoms with Crippen LogP contribution < -0.4 is 5.73 Å². The van der Waals surface area contributed by atoms with E-state index in [2.05, 4.69) is 0 Å². The third-order valence-corrected chi connectivity index (χ3v) is 2.86. The predicted molar refractivity (Wildman–Crippen MR) is 63.2 cm³/mol. The maximum atomic E-state index is 11.7. The molecule has 92 valence electrons. The van der Waals surface area contributed by atoms with Crippen molar-refractivity contribution >= 4 is 5.97 Å². The molecule has 0 radical (unpaired) electrons. The van der Waals surface area contributed by atoms with Gasteiger partial charge in [0.05, 0.1) is 6.10 Å². The smallest absolute Gasteiger partial charge is 0.335 e. The molecule has 1 aliphatic rings. The summed E-state index contributed by atoms with van der Waals surface area (Å²) < 4.78 is 10.7. The zero-order valence-electron chi connectivity index (χ0n) is 9.67. The Morgan fingerprint density at radius 3 is 2.76 bits per heavy atom. The highest BCUT2D eigenvalue weighted by Gasteiger charge is 2.30. The minimum Gasteiger partial charge on any atom is -0.459 e. The van der Waals surface area contributed by atoms with Gasteiger partial charge in [-0.25, -0.2) is 4.79 Å². The molecule has 0 aliphatic carbocycles. The molecular weight excluding hydrogens is 218 g/mol. The van der Waals surface area contributed by atoms with E-state index in [1.165, 1.54) is 0 Å². The maximum absolute atomic E-state index is 11.7. The number of carbonyl (C=O) groups is 1. The van der Waals surface area contributed by atoms with E-state index in [0.717, 1.165) is 12.0 Å². The average molecular weight is 235 g/mol. The molecule has 0 amide bonds.